The number of alkyl halides is 1. The van der Waals surface area contributed by atoms with Gasteiger partial charge in [0.25, 0.3) is 0 Å². The van der Waals surface area contributed by atoms with E-state index in [1.807, 2.05) is 72.8 Å². The Balaban J connectivity index is 0. The molecule has 0 bridgehead atoms. The summed E-state index contributed by atoms with van der Waals surface area (Å²) in [5.41, 5.74) is 11.0. The van der Waals surface area contributed by atoms with E-state index in [0.717, 1.165) is 110 Å². The highest BCUT2D eigenvalue weighted by Crippen LogP contribution is 2.36. The first kappa shape index (κ1) is 87.6. The third kappa shape index (κ3) is 35.4. The van der Waals surface area contributed by atoms with E-state index in [2.05, 4.69) is 46.8 Å². The molecule has 0 amide bonds. The van der Waals surface area contributed by atoms with Crippen molar-refractivity contribution in [3.05, 3.63) is 82.8 Å². The molecular formula is C64H86Cl3N11O18-8. The molecule has 4 unspecified atom stereocenters. The van der Waals surface area contributed by atoms with Crippen LogP contribution in [0.5, 0.6) is 11.5 Å². The lowest BCUT2D eigenvalue weighted by Gasteiger charge is -2.37. The Hall–Kier alpha value is -8.36. The predicted molar refractivity (Wildman–Crippen MR) is 356 cm³/mol. The highest BCUT2D eigenvalue weighted by atomic mass is 35.5. The van der Waals surface area contributed by atoms with Crippen LogP contribution in [0.2, 0.25) is 10.0 Å². The van der Waals surface area contributed by atoms with Crippen LogP contribution >= 0.6 is 34.8 Å². The Kier molecular flexibility index (Phi) is 44.1. The van der Waals surface area contributed by atoms with E-state index in [-0.39, 0.29) is 60.0 Å². The molecule has 2 aromatic heterocycles. The van der Waals surface area contributed by atoms with Gasteiger partial charge in [-0.25, -0.2) is 9.97 Å². The van der Waals surface area contributed by atoms with Crippen molar-refractivity contribution in [1.29, 1.82) is 0 Å². The molecule has 0 radical (unpaired) electrons. The van der Waals surface area contributed by atoms with Crippen molar-refractivity contribution in [3.63, 3.8) is 0 Å². The molecule has 0 aliphatic carbocycles. The monoisotopic (exact) mass is 1400 g/mol. The first-order valence-electron chi connectivity index (χ1n) is 29.3. The van der Waals surface area contributed by atoms with Gasteiger partial charge in [-0.3, -0.25) is 14.8 Å². The number of nitrogens with two attached hydrogens (primary N) is 1. The van der Waals surface area contributed by atoms with Gasteiger partial charge in [-0.05, 0) is 160 Å². The average Bonchev–Trinajstić information content (AvgIpc) is 0.777. The van der Waals surface area contributed by atoms with Crippen LogP contribution < -0.4 is 77.3 Å². The zero-order chi connectivity index (χ0) is 71.7. The van der Waals surface area contributed by atoms with E-state index in [0.29, 0.717) is 29.2 Å². The molecule has 32 heteroatoms. The number of aldehydes is 1. The highest BCUT2D eigenvalue weighted by molar-refractivity contribution is 6.32. The number of ether oxygens (including phenoxy) is 2. The van der Waals surface area contributed by atoms with Crippen LogP contribution in [0, 0.1) is 0 Å². The number of aliphatic carboxylic acids is 7. The maximum Gasteiger partial charge on any atom is 0.119 e. The van der Waals surface area contributed by atoms with Gasteiger partial charge in [0.2, 0.25) is 0 Å². The summed E-state index contributed by atoms with van der Waals surface area (Å²) in [4.78, 5) is 96.1. The third-order valence-electron chi connectivity index (χ3n) is 13.0. The number of anilines is 2. The minimum atomic E-state index is -1.45. The molecule has 6 rings (SSSR count). The Labute approximate surface area is 574 Å². The molecule has 0 saturated heterocycles. The van der Waals surface area contributed by atoms with Gasteiger partial charge in [0, 0.05) is 115 Å². The van der Waals surface area contributed by atoms with Crippen molar-refractivity contribution < 1.29 is 90.1 Å². The fourth-order valence-electron chi connectivity index (χ4n) is 8.79. The van der Waals surface area contributed by atoms with Crippen LogP contribution in [0.1, 0.15) is 62.2 Å². The standard InChI is InChI=1S/C27H35ClN5O6.C19H22ClN3O.C10H17ClN2O6.C3H5NO2.C2H4O2.C2H4O.CH4.H2/c1-17(4-3-9-29-14-24(34)33(16-26(37)38)11-10-30-15-25(35)36)31-27-20-7-5-18(28)12-23(20)32-22-8-6-19(39-2)13-21(22)27;1-12(4-3-9-21)22-19-15-7-5-13(20)10-18(15)23-17-8-6-14(24-2)11-16(17)19;1-12(4-8(14)15)7(2-11)3-13(5-9(16)17)6-10(18)19;1-4-2-3(5)6;1-2(3)4;1-2-3;;/h5-8,12-13,17,24,29-30H,3-4,9-11,14-16H2,1-2H3,(H,31,32)(H,35,36)(H,37,38);5-8,10-12H,3-4,9,21H2,1-2H3,(H,22,23);7H,2-6H2,1H3,(H,14,15)(H,16,17)(H,18,19);1-2H2,(H,5,6);1H3,(H,3,4);2H,1H3;1H4;1H/q-1;;;;;;;/p-7. The van der Waals surface area contributed by atoms with Gasteiger partial charge in [0.15, 0.2) is 0 Å². The number of aromatic nitrogens is 2. The van der Waals surface area contributed by atoms with E-state index in [9.17, 15) is 64.5 Å². The van der Waals surface area contributed by atoms with Crippen LogP contribution in [0.4, 0.5) is 11.4 Å². The zero-order valence-electron chi connectivity index (χ0n) is 53.8. The fraction of sp³-hybridized carbons (Fsp3) is 0.453. The van der Waals surface area contributed by atoms with Crippen molar-refractivity contribution in [2.24, 2.45) is 10.7 Å². The number of carbonyl (C=O) groups excluding carboxylic acids is 8. The second-order valence-electron chi connectivity index (χ2n) is 20.8. The number of halogens is 3. The number of carbonyl (C=O) groups is 8. The number of methoxy groups -OCH3 is 2. The third-order valence-corrected chi connectivity index (χ3v) is 13.8. The summed E-state index contributed by atoms with van der Waals surface area (Å²) < 4.78 is 10.8. The summed E-state index contributed by atoms with van der Waals surface area (Å²) in [5, 5.41) is 102. The van der Waals surface area contributed by atoms with Crippen molar-refractivity contribution >= 4 is 145 Å². The lowest BCUT2D eigenvalue weighted by molar-refractivity contribution is -0.456. The molecule has 0 aliphatic heterocycles. The van der Waals surface area contributed by atoms with E-state index in [4.69, 9.17) is 74.7 Å². The van der Waals surface area contributed by atoms with Gasteiger partial charge in [-0.2, -0.15) is 0 Å². The molecule has 4 atom stereocenters. The molecule has 96 heavy (non-hydrogen) atoms. The lowest BCUT2D eigenvalue weighted by atomic mass is 10.1. The molecule has 29 nitrogen and oxygen atoms in total. The summed E-state index contributed by atoms with van der Waals surface area (Å²) in [6.45, 7) is 8.22. The fourth-order valence-corrected chi connectivity index (χ4v) is 9.45. The Morgan fingerprint density at radius 3 is 1.49 bits per heavy atom. The number of aliphatic imine (C=N–C) groups is 1. The lowest BCUT2D eigenvalue weighted by Crippen LogP contribution is -2.56. The Bertz CT molecular complexity index is 3420. The van der Waals surface area contributed by atoms with Crippen molar-refractivity contribution in [1.82, 2.24) is 35.3 Å². The SMILES string of the molecule is C.C=NCC(=O)[O-].CC(=O)[O-].CC=O.CN(CC(=O)[O-])C(CCl)CN(CC(=O)[O-])CC(=O)[O-].COc1ccc2nc3cc(Cl)ccc3c(NC(C)CCCN)c2c1.COc1ccc2nc3cc(Cl)ccc3c(NC(C)CCCNCC([O-])N(CCNCC(=O)[O-])CC(=O)[O-])c2c1.[HH]. The minimum absolute atomic E-state index is 0. The molecule has 534 valence electrons. The number of carboxylic acid groups (broad SMARTS) is 7. The second-order valence-corrected chi connectivity index (χ2v) is 21.9. The maximum atomic E-state index is 12.5. The summed E-state index contributed by atoms with van der Waals surface area (Å²) in [5.74, 6) is -7.59. The number of carboxylic acids is 7. The molecule has 2 heterocycles. The summed E-state index contributed by atoms with van der Waals surface area (Å²) in [7, 11) is 4.75. The summed E-state index contributed by atoms with van der Waals surface area (Å²) >= 11 is 18.0. The van der Waals surface area contributed by atoms with Crippen molar-refractivity contribution in [2.75, 3.05) is 116 Å². The summed E-state index contributed by atoms with van der Waals surface area (Å²) in [6, 6.07) is 22.9. The van der Waals surface area contributed by atoms with Crippen molar-refractivity contribution in [3.8, 4) is 11.5 Å². The number of hydrogen-bond donors (Lipinski definition) is 5. The second kappa shape index (κ2) is 48.4. The number of benzene rings is 4. The van der Waals surface area contributed by atoms with Gasteiger partial charge in [0.05, 0.1) is 90.0 Å². The number of likely N-dealkylation sites (N-methyl/N-ethyl adjacent to an activating group) is 1. The van der Waals surface area contributed by atoms with E-state index in [1.165, 1.54) is 23.8 Å². The molecular weight excluding hydrogens is 1320 g/mol. The van der Waals surface area contributed by atoms with E-state index >= 15 is 0 Å². The highest BCUT2D eigenvalue weighted by Gasteiger charge is 2.20. The molecule has 6 aromatic rings. The normalized spacial score (nSPS) is 11.8. The van der Waals surface area contributed by atoms with Gasteiger partial charge >= 0.3 is 0 Å². The molecule has 0 aliphatic rings. The average molecular weight is 1400 g/mol. The molecule has 4 aromatic carbocycles. The molecule has 0 fully saturated rings. The Morgan fingerprint density at radius 1 is 0.667 bits per heavy atom. The smallest absolute Gasteiger partial charge is 0.119 e. The van der Waals surface area contributed by atoms with Crippen LogP contribution in [0.25, 0.3) is 43.6 Å². The molecule has 0 saturated carbocycles. The van der Waals surface area contributed by atoms with Crippen LogP contribution in [0.15, 0.2) is 77.8 Å². The topological polar surface area (TPSA) is 461 Å². The maximum absolute atomic E-state index is 12.5. The first-order valence-corrected chi connectivity index (χ1v) is 30.6. The van der Waals surface area contributed by atoms with Crippen molar-refractivity contribution in [2.45, 2.75) is 85.2 Å². The largest absolute Gasteiger partial charge is 0.840 e. The van der Waals surface area contributed by atoms with Crippen LogP contribution in [-0.2, 0) is 38.4 Å². The first-order chi connectivity index (χ1) is 45.0. The Morgan fingerprint density at radius 2 is 1.11 bits per heavy atom. The number of nitrogens with one attached hydrogen (secondary N) is 4. The zero-order valence-corrected chi connectivity index (χ0v) is 56.1. The summed E-state index contributed by atoms with van der Waals surface area (Å²) in [6.07, 6.45) is 3.00. The van der Waals surface area contributed by atoms with Gasteiger partial charge in [-0.15, -0.1) is 11.6 Å². The number of rotatable bonds is 35. The van der Waals surface area contributed by atoms with Gasteiger partial charge in [0.1, 0.15) is 17.8 Å². The van der Waals surface area contributed by atoms with Gasteiger partial charge in [-0.1, -0.05) is 36.9 Å². The number of hydrogen-bond acceptors (Lipinski definition) is 29. The number of pyridine rings is 2. The minimum Gasteiger partial charge on any atom is -0.840 e. The quantitative estimate of drug-likeness (QED) is 0.00672. The van der Waals surface area contributed by atoms with Crippen LogP contribution in [-0.4, -0.2) is 209 Å². The van der Waals surface area contributed by atoms with Gasteiger partial charge < -0.3 is 121 Å². The number of nitrogens with zero attached hydrogens (tertiary/aromatic N) is 6. The number of fused-ring (bicyclic) bond motifs is 4. The molecule has 0 spiro atoms. The predicted octanol–water partition coefficient (Wildman–Crippen LogP) is -2.76. The van der Waals surface area contributed by atoms with Crippen LogP contribution in [0.3, 0.4) is 0 Å². The van der Waals surface area contributed by atoms with E-state index < -0.39 is 80.2 Å². The molecule has 6 N–H and O–H groups in total. The van der Waals surface area contributed by atoms with E-state index in [1.54, 1.807) is 14.2 Å².